The Hall–Kier alpha value is -2.52. The van der Waals surface area contributed by atoms with Gasteiger partial charge in [0.1, 0.15) is 5.75 Å². The Bertz CT molecular complexity index is 802. The molecular formula is C22H26O8. The van der Waals surface area contributed by atoms with Crippen LogP contribution in [0.1, 0.15) is 34.5 Å². The van der Waals surface area contributed by atoms with E-state index in [4.69, 9.17) is 18.9 Å². The van der Waals surface area contributed by atoms with Crippen LogP contribution >= 0.6 is 0 Å². The predicted octanol–water partition coefficient (Wildman–Crippen LogP) is 2.17. The van der Waals surface area contributed by atoms with Gasteiger partial charge in [0, 0.05) is 23.0 Å². The van der Waals surface area contributed by atoms with Crippen LogP contribution in [0.15, 0.2) is 24.3 Å². The lowest BCUT2D eigenvalue weighted by molar-refractivity contribution is 0.0190. The Labute approximate surface area is 174 Å². The van der Waals surface area contributed by atoms with E-state index in [2.05, 4.69) is 0 Å². The van der Waals surface area contributed by atoms with E-state index in [9.17, 15) is 20.4 Å². The molecule has 8 heteroatoms. The van der Waals surface area contributed by atoms with Gasteiger partial charge in [-0.15, -0.1) is 0 Å². The van der Waals surface area contributed by atoms with E-state index in [0.29, 0.717) is 35.8 Å². The van der Waals surface area contributed by atoms with Crippen molar-refractivity contribution in [1.82, 2.24) is 0 Å². The van der Waals surface area contributed by atoms with E-state index in [1.54, 1.807) is 24.3 Å². The molecule has 4 atom stereocenters. The van der Waals surface area contributed by atoms with Gasteiger partial charge in [0.25, 0.3) is 0 Å². The first-order valence-electron chi connectivity index (χ1n) is 9.76. The Morgan fingerprint density at radius 3 is 1.60 bits per heavy atom. The molecule has 2 saturated heterocycles. The van der Waals surface area contributed by atoms with Crippen LogP contribution in [-0.2, 0) is 22.7 Å². The number of ether oxygens (including phenoxy) is 4. The van der Waals surface area contributed by atoms with E-state index in [1.165, 1.54) is 14.2 Å². The lowest BCUT2D eigenvalue weighted by Crippen LogP contribution is -2.15. The van der Waals surface area contributed by atoms with E-state index in [-0.39, 0.29) is 48.8 Å². The molecular weight excluding hydrogens is 392 g/mol. The molecule has 0 amide bonds. The van der Waals surface area contributed by atoms with Crippen molar-refractivity contribution < 1.29 is 39.4 Å². The minimum absolute atomic E-state index is 0.0587. The topological polar surface area (TPSA) is 118 Å². The summed E-state index contributed by atoms with van der Waals surface area (Å²) in [6.07, 6.45) is -0.535. The first kappa shape index (κ1) is 20.7. The number of fused-ring (bicyclic) bond motifs is 1. The number of rotatable bonds is 6. The molecule has 2 aromatic rings. The van der Waals surface area contributed by atoms with Gasteiger partial charge in [0.05, 0.1) is 52.9 Å². The number of phenols is 2. The highest BCUT2D eigenvalue weighted by Gasteiger charge is 2.48. The quantitative estimate of drug-likeness (QED) is 0.564. The van der Waals surface area contributed by atoms with Gasteiger partial charge < -0.3 is 39.4 Å². The summed E-state index contributed by atoms with van der Waals surface area (Å²) in [5.41, 5.74) is 2.33. The van der Waals surface area contributed by atoms with Crippen molar-refractivity contribution >= 4 is 0 Å². The Kier molecular flexibility index (Phi) is 5.75. The first-order valence-corrected chi connectivity index (χ1v) is 9.76. The minimum atomic E-state index is -0.334. The number of hydrogen-bond donors (Lipinski definition) is 4. The predicted molar refractivity (Wildman–Crippen MR) is 106 cm³/mol. The second-order valence-corrected chi connectivity index (χ2v) is 7.61. The fourth-order valence-electron chi connectivity index (χ4n) is 4.50. The van der Waals surface area contributed by atoms with Crippen LogP contribution in [0.3, 0.4) is 0 Å². The van der Waals surface area contributed by atoms with Crippen LogP contribution in [0.5, 0.6) is 23.0 Å². The normalized spacial score (nSPS) is 25.3. The number of hydrogen-bond acceptors (Lipinski definition) is 8. The fraction of sp³-hybridized carbons (Fsp3) is 0.455. The minimum Gasteiger partial charge on any atom is -0.507 e. The van der Waals surface area contributed by atoms with Crippen LogP contribution < -0.4 is 9.47 Å². The van der Waals surface area contributed by atoms with Gasteiger partial charge in [-0.05, 0) is 35.4 Å². The number of methoxy groups -OCH3 is 2. The van der Waals surface area contributed by atoms with Crippen molar-refractivity contribution in [3.8, 4) is 23.0 Å². The van der Waals surface area contributed by atoms with Crippen molar-refractivity contribution in [2.24, 2.45) is 11.8 Å². The van der Waals surface area contributed by atoms with Crippen molar-refractivity contribution in [1.29, 1.82) is 0 Å². The number of aromatic hydroxyl groups is 2. The summed E-state index contributed by atoms with van der Waals surface area (Å²) < 4.78 is 22.7. The van der Waals surface area contributed by atoms with E-state index < -0.39 is 0 Å². The molecule has 162 valence electrons. The van der Waals surface area contributed by atoms with Gasteiger partial charge in [-0.2, -0.15) is 0 Å². The summed E-state index contributed by atoms with van der Waals surface area (Å²) in [5.74, 6) is 0.593. The molecule has 2 aromatic carbocycles. The monoisotopic (exact) mass is 418 g/mol. The van der Waals surface area contributed by atoms with Crippen molar-refractivity contribution in [2.75, 3.05) is 27.4 Å². The lowest BCUT2D eigenvalue weighted by Gasteiger charge is -2.19. The Morgan fingerprint density at radius 1 is 0.767 bits per heavy atom. The zero-order chi connectivity index (χ0) is 21.4. The zero-order valence-corrected chi connectivity index (χ0v) is 16.9. The molecule has 4 N–H and O–H groups in total. The van der Waals surface area contributed by atoms with Gasteiger partial charge in [-0.1, -0.05) is 0 Å². The van der Waals surface area contributed by atoms with Gasteiger partial charge in [-0.25, -0.2) is 0 Å². The lowest BCUT2D eigenvalue weighted by atomic mass is 9.84. The van der Waals surface area contributed by atoms with Gasteiger partial charge >= 0.3 is 0 Å². The second-order valence-electron chi connectivity index (χ2n) is 7.61. The van der Waals surface area contributed by atoms with E-state index in [1.807, 2.05) is 0 Å². The molecule has 0 radical (unpaired) electrons. The molecule has 30 heavy (non-hydrogen) atoms. The molecule has 0 aromatic heterocycles. The molecule has 0 saturated carbocycles. The average Bonchev–Trinajstić information content (AvgIpc) is 3.36. The van der Waals surface area contributed by atoms with Crippen LogP contribution in [0, 0.1) is 11.8 Å². The Balaban J connectivity index is 1.63. The van der Waals surface area contributed by atoms with Crippen LogP contribution in [0.25, 0.3) is 0 Å². The first-order chi connectivity index (χ1) is 14.5. The summed E-state index contributed by atoms with van der Waals surface area (Å²) in [6.45, 7) is 0.268. The smallest absolute Gasteiger partial charge is 0.200 e. The number of phenolic OH excluding ortho intramolecular Hbond substituents is 1. The molecule has 2 aliphatic rings. The molecule has 8 nitrogen and oxygen atoms in total. The molecule has 4 rings (SSSR count). The summed E-state index contributed by atoms with van der Waals surface area (Å²) in [5, 5.41) is 39.4. The van der Waals surface area contributed by atoms with Crippen LogP contribution in [0.2, 0.25) is 0 Å². The summed E-state index contributed by atoms with van der Waals surface area (Å²) in [6, 6.07) is 6.90. The van der Waals surface area contributed by atoms with Crippen LogP contribution in [-0.4, -0.2) is 47.9 Å². The van der Waals surface area contributed by atoms with Gasteiger partial charge in [0.15, 0.2) is 11.5 Å². The molecule has 0 bridgehead atoms. The zero-order valence-electron chi connectivity index (χ0n) is 16.9. The molecule has 2 aliphatic heterocycles. The molecule has 2 heterocycles. The number of benzene rings is 2. The highest BCUT2D eigenvalue weighted by Crippen LogP contribution is 2.52. The van der Waals surface area contributed by atoms with Crippen LogP contribution in [0.4, 0.5) is 0 Å². The highest BCUT2D eigenvalue weighted by molar-refractivity contribution is 5.53. The highest BCUT2D eigenvalue weighted by atomic mass is 16.5. The number of aliphatic hydroxyl groups excluding tert-OH is 2. The maximum absolute atomic E-state index is 10.2. The third-order valence-electron chi connectivity index (χ3n) is 6.05. The summed E-state index contributed by atoms with van der Waals surface area (Å²) >= 11 is 0. The molecule has 4 unspecified atom stereocenters. The van der Waals surface area contributed by atoms with Crippen molar-refractivity contribution in [3.63, 3.8) is 0 Å². The number of aliphatic hydroxyl groups is 2. The molecule has 2 fully saturated rings. The summed E-state index contributed by atoms with van der Waals surface area (Å²) in [4.78, 5) is 0. The maximum Gasteiger partial charge on any atom is 0.200 e. The van der Waals surface area contributed by atoms with Gasteiger partial charge in [-0.3, -0.25) is 0 Å². The second kappa shape index (κ2) is 8.31. The molecule has 0 aliphatic carbocycles. The largest absolute Gasteiger partial charge is 0.507 e. The Morgan fingerprint density at radius 2 is 1.20 bits per heavy atom. The fourth-order valence-corrected chi connectivity index (χ4v) is 4.50. The SMILES string of the molecule is COc1cc(C2OCC3C(c4cc(CO)c(O)c(CO)c4)OCC23)cc(OC)c1O. The third kappa shape index (κ3) is 3.35. The summed E-state index contributed by atoms with van der Waals surface area (Å²) in [7, 11) is 2.96. The third-order valence-corrected chi connectivity index (χ3v) is 6.05. The van der Waals surface area contributed by atoms with Crippen molar-refractivity contribution in [3.05, 3.63) is 46.5 Å². The molecule has 0 spiro atoms. The maximum atomic E-state index is 10.2. The van der Waals surface area contributed by atoms with Crippen molar-refractivity contribution in [2.45, 2.75) is 25.4 Å². The van der Waals surface area contributed by atoms with E-state index in [0.717, 1.165) is 11.1 Å². The average molecular weight is 418 g/mol. The van der Waals surface area contributed by atoms with Gasteiger partial charge in [0.2, 0.25) is 5.75 Å². The van der Waals surface area contributed by atoms with E-state index >= 15 is 0 Å². The standard InChI is InChI=1S/C22H26O8/c1-27-17-5-12(6-18(28-2)20(17)26)22-16-10-29-21(15(16)9-30-22)11-3-13(7-23)19(25)14(4-11)8-24/h3-6,15-16,21-26H,7-10H2,1-2H3.